The van der Waals surface area contributed by atoms with E-state index < -0.39 is 5.82 Å². The summed E-state index contributed by atoms with van der Waals surface area (Å²) in [6, 6.07) is 5.14. The van der Waals surface area contributed by atoms with E-state index in [1.54, 1.807) is 18.3 Å². The van der Waals surface area contributed by atoms with Gasteiger partial charge in [-0.05, 0) is 56.7 Å². The number of anilines is 3. The van der Waals surface area contributed by atoms with Crippen LogP contribution in [0.4, 0.5) is 22.0 Å². The van der Waals surface area contributed by atoms with Gasteiger partial charge in [0, 0.05) is 35.7 Å². The maximum absolute atomic E-state index is 14.6. The number of amides is 1. The Hall–Kier alpha value is -2.79. The van der Waals surface area contributed by atoms with Crippen molar-refractivity contribution in [1.29, 1.82) is 0 Å². The fourth-order valence-corrected chi connectivity index (χ4v) is 5.08. The van der Waals surface area contributed by atoms with Crippen LogP contribution in [0.5, 0.6) is 0 Å². The van der Waals surface area contributed by atoms with Crippen LogP contribution in [-0.2, 0) is 9.53 Å². The maximum Gasteiger partial charge on any atom is 0.224 e. The van der Waals surface area contributed by atoms with Gasteiger partial charge >= 0.3 is 0 Å². The number of benzene rings is 1. The summed E-state index contributed by atoms with van der Waals surface area (Å²) < 4.78 is 22.7. The minimum atomic E-state index is -0.390. The van der Waals surface area contributed by atoms with Crippen molar-refractivity contribution in [2.45, 2.75) is 50.6 Å². The second-order valence-electron chi connectivity index (χ2n) is 8.90. The second kappa shape index (κ2) is 9.83. The van der Waals surface area contributed by atoms with Crippen molar-refractivity contribution < 1.29 is 13.9 Å². The molecule has 2 aromatic heterocycles. The van der Waals surface area contributed by atoms with Gasteiger partial charge in [-0.15, -0.1) is 0 Å². The van der Waals surface area contributed by atoms with Crippen molar-refractivity contribution in [1.82, 2.24) is 19.5 Å². The van der Waals surface area contributed by atoms with Crippen LogP contribution < -0.4 is 16.4 Å². The van der Waals surface area contributed by atoms with Gasteiger partial charge in [0.25, 0.3) is 0 Å². The zero-order valence-electron chi connectivity index (χ0n) is 18.6. The number of ether oxygens (including phenoxy) is 1. The number of nitrogens with zero attached hydrogens (tertiary/aromatic N) is 4. The lowest BCUT2D eigenvalue weighted by Crippen LogP contribution is -2.29. The molecule has 9 nitrogen and oxygen atoms in total. The van der Waals surface area contributed by atoms with Crippen LogP contribution in [0, 0.1) is 11.7 Å². The van der Waals surface area contributed by atoms with E-state index in [0.29, 0.717) is 59.3 Å². The molecule has 1 saturated carbocycles. The average molecular weight is 532 g/mol. The number of nitrogens with two attached hydrogens (primary N) is 1. The Morgan fingerprint density at radius 3 is 2.62 bits per heavy atom. The summed E-state index contributed by atoms with van der Waals surface area (Å²) in [5.41, 5.74) is 7.15. The Balaban J connectivity index is 1.50. The number of carbonyl (C=O) groups excluding carboxylic acids is 1. The van der Waals surface area contributed by atoms with Crippen LogP contribution >= 0.6 is 15.9 Å². The summed E-state index contributed by atoms with van der Waals surface area (Å²) in [7, 11) is 0. The fraction of sp³-hybridized carbons (Fsp3) is 0.478. The Morgan fingerprint density at radius 2 is 1.91 bits per heavy atom. The first-order valence-electron chi connectivity index (χ1n) is 11.6. The van der Waals surface area contributed by atoms with E-state index in [9.17, 15) is 9.18 Å². The number of imidazole rings is 1. The van der Waals surface area contributed by atoms with Gasteiger partial charge in [0.2, 0.25) is 17.8 Å². The van der Waals surface area contributed by atoms with E-state index >= 15 is 0 Å². The molecule has 3 aromatic rings. The standard InChI is InChI=1S/C23H27BrFN7O2/c24-14-3-6-18(17(25)11-14)29-23-30-19-12-27-22(28-15-7-9-34-10-8-15)31-21(19)32(23)16-4-1-13(2-5-16)20(26)33/h3,6,11-13,15-16H,1-2,4-5,7-10H2,(H2,26,33)(H,29,30)(H,27,28,31)/t13-,16-. The lowest BCUT2D eigenvalue weighted by molar-refractivity contribution is -0.122. The van der Waals surface area contributed by atoms with E-state index in [1.165, 1.54) is 6.07 Å². The van der Waals surface area contributed by atoms with Crippen molar-refractivity contribution in [3.8, 4) is 0 Å². The molecular formula is C23H27BrFN7O2. The third-order valence-corrected chi connectivity index (χ3v) is 7.12. The Bertz CT molecular complexity index is 1190. The molecule has 1 aliphatic carbocycles. The fourth-order valence-electron chi connectivity index (χ4n) is 4.75. The quantitative estimate of drug-likeness (QED) is 0.434. The summed E-state index contributed by atoms with van der Waals surface area (Å²) >= 11 is 3.29. The third kappa shape index (κ3) is 4.85. The molecule has 0 radical (unpaired) electrons. The zero-order chi connectivity index (χ0) is 23.7. The summed E-state index contributed by atoms with van der Waals surface area (Å²) in [5.74, 6) is 0.267. The number of nitrogens with one attached hydrogen (secondary N) is 2. The van der Waals surface area contributed by atoms with Crippen LogP contribution in [0.2, 0.25) is 0 Å². The highest BCUT2D eigenvalue weighted by atomic mass is 79.9. The molecule has 0 unspecified atom stereocenters. The summed E-state index contributed by atoms with van der Waals surface area (Å²) in [5, 5.41) is 6.56. The largest absolute Gasteiger partial charge is 0.381 e. The lowest BCUT2D eigenvalue weighted by atomic mass is 9.85. The van der Waals surface area contributed by atoms with Crippen LogP contribution in [-0.4, -0.2) is 44.7 Å². The minimum absolute atomic E-state index is 0.0486. The Labute approximate surface area is 204 Å². The predicted molar refractivity (Wildman–Crippen MR) is 130 cm³/mol. The molecule has 34 heavy (non-hydrogen) atoms. The van der Waals surface area contributed by atoms with E-state index in [2.05, 4.69) is 31.5 Å². The molecule has 0 spiro atoms. The number of aromatic nitrogens is 4. The van der Waals surface area contributed by atoms with E-state index in [-0.39, 0.29) is 23.9 Å². The minimum Gasteiger partial charge on any atom is -0.381 e. The van der Waals surface area contributed by atoms with Gasteiger partial charge in [-0.25, -0.2) is 14.4 Å². The van der Waals surface area contributed by atoms with Gasteiger partial charge in [0.15, 0.2) is 5.65 Å². The van der Waals surface area contributed by atoms with Gasteiger partial charge in [-0.2, -0.15) is 4.98 Å². The molecule has 1 aromatic carbocycles. The highest BCUT2D eigenvalue weighted by Gasteiger charge is 2.29. The van der Waals surface area contributed by atoms with Crippen molar-refractivity contribution >= 4 is 50.6 Å². The number of primary amides is 1. The Morgan fingerprint density at radius 1 is 1.15 bits per heavy atom. The molecule has 1 saturated heterocycles. The molecule has 1 amide bonds. The first kappa shape index (κ1) is 23.0. The first-order chi connectivity index (χ1) is 16.5. The number of carbonyl (C=O) groups is 1. The summed E-state index contributed by atoms with van der Waals surface area (Å²) in [6.07, 6.45) is 6.39. The summed E-state index contributed by atoms with van der Waals surface area (Å²) in [6.45, 7) is 1.43. The maximum atomic E-state index is 14.6. The molecule has 180 valence electrons. The van der Waals surface area contributed by atoms with Gasteiger partial charge in [-0.3, -0.25) is 9.36 Å². The molecule has 2 fully saturated rings. The van der Waals surface area contributed by atoms with Crippen molar-refractivity contribution in [2.75, 3.05) is 23.8 Å². The second-order valence-corrected chi connectivity index (χ2v) is 9.81. The third-order valence-electron chi connectivity index (χ3n) is 6.63. The van der Waals surface area contributed by atoms with Crippen LogP contribution in [0.3, 0.4) is 0 Å². The number of rotatable bonds is 6. The zero-order valence-corrected chi connectivity index (χ0v) is 20.2. The molecule has 4 N–H and O–H groups in total. The number of hydrogen-bond donors (Lipinski definition) is 3. The molecule has 1 aliphatic heterocycles. The van der Waals surface area contributed by atoms with Gasteiger partial charge in [0.1, 0.15) is 11.3 Å². The number of hydrogen-bond acceptors (Lipinski definition) is 7. The van der Waals surface area contributed by atoms with Gasteiger partial charge in [0.05, 0.1) is 11.9 Å². The molecule has 0 bridgehead atoms. The lowest BCUT2D eigenvalue weighted by Gasteiger charge is -2.29. The van der Waals surface area contributed by atoms with Gasteiger partial charge < -0.3 is 21.1 Å². The predicted octanol–water partition coefficient (Wildman–Crippen LogP) is 4.28. The van der Waals surface area contributed by atoms with Crippen LogP contribution in [0.15, 0.2) is 28.9 Å². The highest BCUT2D eigenvalue weighted by molar-refractivity contribution is 9.10. The van der Waals surface area contributed by atoms with Crippen LogP contribution in [0.25, 0.3) is 11.2 Å². The smallest absolute Gasteiger partial charge is 0.224 e. The topological polar surface area (TPSA) is 120 Å². The molecule has 5 rings (SSSR count). The molecule has 2 aliphatic rings. The molecule has 3 heterocycles. The SMILES string of the molecule is NC(=O)[C@H]1CC[C@H](n2c(Nc3ccc(Br)cc3F)nc3cnc(NC4CCOCC4)nc32)CC1. The van der Waals surface area contributed by atoms with E-state index in [4.69, 9.17) is 20.4 Å². The Kier molecular flexibility index (Phi) is 6.64. The first-order valence-corrected chi connectivity index (χ1v) is 12.4. The van der Waals surface area contributed by atoms with Gasteiger partial charge in [-0.1, -0.05) is 15.9 Å². The average Bonchev–Trinajstić information content (AvgIpc) is 3.19. The van der Waals surface area contributed by atoms with E-state index in [1.807, 2.05) is 4.57 Å². The highest BCUT2D eigenvalue weighted by Crippen LogP contribution is 2.37. The van der Waals surface area contributed by atoms with Crippen molar-refractivity contribution in [2.24, 2.45) is 11.7 Å². The van der Waals surface area contributed by atoms with Crippen molar-refractivity contribution in [3.05, 3.63) is 34.7 Å². The number of halogens is 2. The van der Waals surface area contributed by atoms with E-state index in [0.717, 1.165) is 25.7 Å². The molecular weight excluding hydrogens is 505 g/mol. The molecule has 11 heteroatoms. The normalized spacial score (nSPS) is 21.5. The number of fused-ring (bicyclic) bond motifs is 1. The summed E-state index contributed by atoms with van der Waals surface area (Å²) in [4.78, 5) is 25.6. The van der Waals surface area contributed by atoms with Crippen LogP contribution in [0.1, 0.15) is 44.6 Å². The monoisotopic (exact) mass is 531 g/mol. The molecule has 0 atom stereocenters. The van der Waals surface area contributed by atoms with Crippen molar-refractivity contribution in [3.63, 3.8) is 0 Å².